The maximum atomic E-state index is 17.6. The summed E-state index contributed by atoms with van der Waals surface area (Å²) in [6, 6.07) is 12.4. The maximum absolute atomic E-state index is 17.6. The second-order valence-corrected chi connectivity index (χ2v) is 14.3. The minimum Gasteiger partial charge on any atom is -0.508 e. The van der Waals surface area contributed by atoms with Crippen molar-refractivity contribution in [2.45, 2.75) is 93.6 Å². The number of aromatic hydroxyl groups is 1. The summed E-state index contributed by atoms with van der Waals surface area (Å²) in [4.78, 5) is 15.7. The molecule has 2 aromatic rings. The molecular formula is C37H48F4N4O4. The number of ether oxygens (including phenoxy) is 1. The van der Waals surface area contributed by atoms with Crippen LogP contribution >= 0.6 is 0 Å². The molecule has 0 bridgehead atoms. The molecule has 4 N–H and O–H groups in total. The zero-order chi connectivity index (χ0) is 35.3. The van der Waals surface area contributed by atoms with E-state index in [1.54, 1.807) is 24.3 Å². The quantitative estimate of drug-likeness (QED) is 0.208. The third kappa shape index (κ3) is 8.86. The Bertz CT molecular complexity index is 1450. The highest BCUT2D eigenvalue weighted by Gasteiger charge is 2.50. The van der Waals surface area contributed by atoms with Crippen molar-refractivity contribution in [2.75, 3.05) is 44.8 Å². The van der Waals surface area contributed by atoms with Gasteiger partial charge in [-0.1, -0.05) is 18.2 Å². The van der Waals surface area contributed by atoms with Crippen molar-refractivity contribution in [1.82, 2.24) is 4.90 Å². The predicted molar refractivity (Wildman–Crippen MR) is 178 cm³/mol. The van der Waals surface area contributed by atoms with Gasteiger partial charge in [-0.25, -0.2) is 4.39 Å². The third-order valence-corrected chi connectivity index (χ3v) is 11.1. The molecule has 5 rings (SSSR count). The first kappa shape index (κ1) is 36.9. The Balaban J connectivity index is 1.46. The first-order chi connectivity index (χ1) is 23.3. The van der Waals surface area contributed by atoms with E-state index in [0.29, 0.717) is 56.6 Å². The van der Waals surface area contributed by atoms with E-state index in [1.807, 2.05) is 4.90 Å². The van der Waals surface area contributed by atoms with Crippen molar-refractivity contribution in [3.05, 3.63) is 59.2 Å². The molecule has 0 spiro atoms. The number of halogens is 4. The van der Waals surface area contributed by atoms with Gasteiger partial charge < -0.3 is 25.6 Å². The number of likely N-dealkylation sites (tertiary alicyclic amines) is 1. The molecule has 2 saturated heterocycles. The van der Waals surface area contributed by atoms with E-state index in [1.165, 1.54) is 13.2 Å². The Morgan fingerprint density at radius 3 is 2.37 bits per heavy atom. The number of nitrogens with zero attached hydrogens (tertiary/aromatic N) is 3. The lowest BCUT2D eigenvalue weighted by Crippen LogP contribution is -2.39. The van der Waals surface area contributed by atoms with Crippen LogP contribution in [0.2, 0.25) is 0 Å². The van der Waals surface area contributed by atoms with Crippen LogP contribution in [-0.4, -0.2) is 78.7 Å². The molecule has 12 heteroatoms. The van der Waals surface area contributed by atoms with E-state index in [9.17, 15) is 33.4 Å². The number of nitrogens with two attached hydrogens (primary N) is 1. The number of alkyl halides is 4. The van der Waals surface area contributed by atoms with E-state index in [2.05, 4.69) is 11.0 Å². The molecule has 2 aliphatic heterocycles. The van der Waals surface area contributed by atoms with Crippen molar-refractivity contribution in [2.24, 2.45) is 17.6 Å². The SMILES string of the molecule is COC[C@@H](N)CC(CC[C@]1(F)CN(C2CCC(C#N)CC2)C[C@H]1c1ccc(O)cc1)c1ccc(C(F)(F)F)cc1N1CCC(C(=O)O)CC1. The average Bonchev–Trinajstić information content (AvgIpc) is 3.43. The molecule has 4 atom stereocenters. The number of nitriles is 1. The maximum Gasteiger partial charge on any atom is 0.416 e. The molecule has 3 aliphatic rings. The van der Waals surface area contributed by atoms with E-state index < -0.39 is 47.2 Å². The number of carboxylic acid groups (broad SMARTS) is 1. The molecule has 268 valence electrons. The zero-order valence-electron chi connectivity index (χ0n) is 28.0. The topological polar surface area (TPSA) is 123 Å². The Labute approximate surface area is 285 Å². The van der Waals surface area contributed by atoms with Crippen LogP contribution < -0.4 is 10.6 Å². The summed E-state index contributed by atoms with van der Waals surface area (Å²) < 4.78 is 64.9. The van der Waals surface area contributed by atoms with Gasteiger partial charge in [0.05, 0.1) is 24.2 Å². The number of rotatable bonds is 12. The molecule has 3 fully saturated rings. The van der Waals surface area contributed by atoms with Crippen LogP contribution in [0, 0.1) is 23.2 Å². The van der Waals surface area contributed by atoms with E-state index in [0.717, 1.165) is 43.4 Å². The second kappa shape index (κ2) is 15.7. The van der Waals surface area contributed by atoms with Gasteiger partial charge >= 0.3 is 12.1 Å². The highest BCUT2D eigenvalue weighted by atomic mass is 19.4. The second-order valence-electron chi connectivity index (χ2n) is 14.3. The Morgan fingerprint density at radius 1 is 1.10 bits per heavy atom. The van der Waals surface area contributed by atoms with E-state index in [4.69, 9.17) is 10.5 Å². The molecule has 1 saturated carbocycles. The lowest BCUT2D eigenvalue weighted by molar-refractivity contribution is -0.142. The summed E-state index contributed by atoms with van der Waals surface area (Å²) in [6.07, 6.45) is 0.0581. The number of carboxylic acids is 1. The van der Waals surface area contributed by atoms with Crippen LogP contribution in [0.15, 0.2) is 42.5 Å². The number of methoxy groups -OCH3 is 1. The summed E-state index contributed by atoms with van der Waals surface area (Å²) in [5, 5.41) is 28.9. The van der Waals surface area contributed by atoms with E-state index in [-0.39, 0.29) is 37.3 Å². The van der Waals surface area contributed by atoms with Crippen LogP contribution in [-0.2, 0) is 15.7 Å². The normalized spacial score (nSPS) is 26.7. The van der Waals surface area contributed by atoms with Crippen molar-refractivity contribution in [3.63, 3.8) is 0 Å². The Hall–Kier alpha value is -3.40. The molecule has 2 heterocycles. The number of benzene rings is 2. The molecule has 1 aliphatic carbocycles. The lowest BCUT2D eigenvalue weighted by atomic mass is 9.78. The first-order valence-electron chi connectivity index (χ1n) is 17.4. The van der Waals surface area contributed by atoms with Gasteiger partial charge in [0.1, 0.15) is 11.4 Å². The molecule has 2 aromatic carbocycles. The molecular weight excluding hydrogens is 640 g/mol. The number of phenolic OH excluding ortho intramolecular Hbond substituents is 1. The van der Waals surface area contributed by atoms with E-state index >= 15 is 4.39 Å². The fourth-order valence-electron chi connectivity index (χ4n) is 8.29. The van der Waals surface area contributed by atoms with Crippen molar-refractivity contribution >= 4 is 11.7 Å². The van der Waals surface area contributed by atoms with Crippen LogP contribution in [0.1, 0.15) is 86.3 Å². The fraction of sp³-hybridized carbons (Fsp3) is 0.622. The highest BCUT2D eigenvalue weighted by Crippen LogP contribution is 2.48. The molecule has 0 amide bonds. The van der Waals surface area contributed by atoms with Gasteiger partial charge in [-0.05, 0) is 99.1 Å². The van der Waals surface area contributed by atoms with Crippen LogP contribution in [0.25, 0.3) is 0 Å². The summed E-state index contributed by atoms with van der Waals surface area (Å²) in [6.45, 7) is 1.50. The monoisotopic (exact) mass is 688 g/mol. The Morgan fingerprint density at radius 2 is 1.78 bits per heavy atom. The number of anilines is 1. The fourth-order valence-corrected chi connectivity index (χ4v) is 8.29. The zero-order valence-corrected chi connectivity index (χ0v) is 28.0. The van der Waals surface area contributed by atoms with Gasteiger partial charge in [-0.2, -0.15) is 18.4 Å². The van der Waals surface area contributed by atoms with Crippen LogP contribution in [0.5, 0.6) is 5.75 Å². The van der Waals surface area contributed by atoms with Crippen LogP contribution in [0.3, 0.4) is 0 Å². The predicted octanol–water partition coefficient (Wildman–Crippen LogP) is 6.83. The van der Waals surface area contributed by atoms with Crippen molar-refractivity contribution < 1.29 is 37.3 Å². The minimum absolute atomic E-state index is 0.0202. The van der Waals surface area contributed by atoms with Gasteiger partial charge in [-0.3, -0.25) is 9.69 Å². The van der Waals surface area contributed by atoms with Crippen molar-refractivity contribution in [3.8, 4) is 11.8 Å². The highest BCUT2D eigenvalue weighted by molar-refractivity contribution is 5.70. The van der Waals surface area contributed by atoms with Crippen molar-refractivity contribution in [1.29, 1.82) is 5.26 Å². The van der Waals surface area contributed by atoms with Crippen LogP contribution in [0.4, 0.5) is 23.2 Å². The van der Waals surface area contributed by atoms with Gasteiger partial charge in [0.2, 0.25) is 0 Å². The molecule has 0 radical (unpaired) electrons. The number of carbonyl (C=O) groups is 1. The summed E-state index contributed by atoms with van der Waals surface area (Å²) in [5.74, 6) is -2.24. The minimum atomic E-state index is -4.57. The Kier molecular flexibility index (Phi) is 11.8. The number of aliphatic carboxylic acids is 1. The molecule has 49 heavy (non-hydrogen) atoms. The molecule has 0 aromatic heterocycles. The lowest BCUT2D eigenvalue weighted by Gasteiger charge is -2.36. The number of hydrogen-bond donors (Lipinski definition) is 3. The molecule has 8 nitrogen and oxygen atoms in total. The van der Waals surface area contributed by atoms with Gasteiger partial charge in [0, 0.05) is 62.9 Å². The number of piperidine rings is 1. The third-order valence-electron chi connectivity index (χ3n) is 11.1. The number of phenols is 1. The van der Waals surface area contributed by atoms with Gasteiger partial charge in [0.25, 0.3) is 0 Å². The summed E-state index contributed by atoms with van der Waals surface area (Å²) in [7, 11) is 1.53. The van der Waals surface area contributed by atoms with Gasteiger partial charge in [0.15, 0.2) is 0 Å². The largest absolute Gasteiger partial charge is 0.508 e. The smallest absolute Gasteiger partial charge is 0.416 e. The van der Waals surface area contributed by atoms with Gasteiger partial charge in [-0.15, -0.1) is 0 Å². The summed E-state index contributed by atoms with van der Waals surface area (Å²) in [5.41, 5.74) is 5.80. The standard InChI is InChI=1S/C37H48F4N4O4/c1-49-22-29(43)18-27(32-11-6-28(37(39,40)41)19-34(32)44-16-13-26(14-17-44)35(47)48)12-15-36(38)23-45(30-7-2-24(20-42)3-8-30)21-33(36)25-4-9-31(46)10-5-25/h4-6,9-11,19,24,26-27,29-30,33,46H,2-3,7-8,12-18,21-23,43H2,1H3,(H,47,48)/t24?,27?,29-,30?,33-,36-/m0/s1. The number of hydrogen-bond acceptors (Lipinski definition) is 7. The average molecular weight is 689 g/mol. The summed E-state index contributed by atoms with van der Waals surface area (Å²) >= 11 is 0. The first-order valence-corrected chi connectivity index (χ1v) is 17.4. The molecule has 1 unspecified atom stereocenters.